The van der Waals surface area contributed by atoms with Crippen LogP contribution in [0, 0.1) is 9.39 Å². The number of imidazole rings is 1. The molecular formula is C16H13ClFIN2. The van der Waals surface area contributed by atoms with Crippen molar-refractivity contribution >= 4 is 45.2 Å². The first-order valence-electron chi connectivity index (χ1n) is 6.59. The summed E-state index contributed by atoms with van der Waals surface area (Å²) in [7, 11) is 0. The lowest BCUT2D eigenvalue weighted by atomic mass is 10.2. The fourth-order valence-electron chi connectivity index (χ4n) is 2.36. The van der Waals surface area contributed by atoms with Gasteiger partial charge in [-0.15, -0.1) is 11.6 Å². The third kappa shape index (κ3) is 3.06. The number of alkyl halides is 1. The number of nitrogens with zero attached hydrogens (tertiary/aromatic N) is 2. The highest BCUT2D eigenvalue weighted by molar-refractivity contribution is 14.1. The molecule has 0 radical (unpaired) electrons. The maximum atomic E-state index is 13.0. The van der Waals surface area contributed by atoms with Crippen molar-refractivity contribution < 1.29 is 4.39 Å². The average molecular weight is 415 g/mol. The normalized spacial score (nSPS) is 12.8. The molecule has 3 rings (SSSR count). The summed E-state index contributed by atoms with van der Waals surface area (Å²) < 4.78 is 16.3. The number of aromatic nitrogens is 2. The van der Waals surface area contributed by atoms with Crippen molar-refractivity contribution in [2.24, 2.45) is 0 Å². The highest BCUT2D eigenvalue weighted by Gasteiger charge is 2.15. The maximum absolute atomic E-state index is 13.0. The number of fused-ring (bicyclic) bond motifs is 1. The Bertz CT molecular complexity index is 781. The molecule has 3 aromatic rings. The van der Waals surface area contributed by atoms with Gasteiger partial charge in [0, 0.05) is 10.1 Å². The van der Waals surface area contributed by atoms with Crippen LogP contribution in [0.2, 0.25) is 0 Å². The Morgan fingerprint density at radius 1 is 1.24 bits per heavy atom. The van der Waals surface area contributed by atoms with Gasteiger partial charge in [0.1, 0.15) is 11.6 Å². The molecule has 21 heavy (non-hydrogen) atoms. The smallest absolute Gasteiger partial charge is 0.128 e. The van der Waals surface area contributed by atoms with Gasteiger partial charge >= 0.3 is 0 Å². The molecule has 0 N–H and O–H groups in total. The summed E-state index contributed by atoms with van der Waals surface area (Å²) in [6.45, 7) is 2.54. The monoisotopic (exact) mass is 414 g/mol. The number of halogens is 3. The number of benzene rings is 2. The van der Waals surface area contributed by atoms with Crippen LogP contribution in [0.5, 0.6) is 0 Å². The molecule has 2 aromatic carbocycles. The minimum atomic E-state index is -0.227. The second kappa shape index (κ2) is 5.93. The van der Waals surface area contributed by atoms with Crippen LogP contribution in [0.1, 0.15) is 23.7 Å². The van der Waals surface area contributed by atoms with E-state index in [0.29, 0.717) is 6.54 Å². The van der Waals surface area contributed by atoms with E-state index in [1.807, 2.05) is 13.0 Å². The van der Waals surface area contributed by atoms with Crippen LogP contribution < -0.4 is 0 Å². The zero-order valence-electron chi connectivity index (χ0n) is 11.4. The van der Waals surface area contributed by atoms with E-state index in [2.05, 4.69) is 44.3 Å². The molecule has 0 amide bonds. The van der Waals surface area contributed by atoms with Crippen LogP contribution in [0.15, 0.2) is 42.5 Å². The first-order chi connectivity index (χ1) is 10.0. The third-order valence-electron chi connectivity index (χ3n) is 3.35. The molecule has 0 spiro atoms. The summed E-state index contributed by atoms with van der Waals surface area (Å²) in [5, 5.41) is -0.185. The molecule has 1 atom stereocenters. The number of hydrogen-bond donors (Lipinski definition) is 0. The van der Waals surface area contributed by atoms with E-state index in [4.69, 9.17) is 11.6 Å². The minimum Gasteiger partial charge on any atom is -0.322 e. The van der Waals surface area contributed by atoms with Crippen molar-refractivity contribution in [2.45, 2.75) is 18.8 Å². The Labute approximate surface area is 141 Å². The molecule has 2 nitrogen and oxygen atoms in total. The SMILES string of the molecule is CC(Cl)c1nc2cc(I)ccc2n1Cc1ccc(F)cc1. The van der Waals surface area contributed by atoms with E-state index in [-0.39, 0.29) is 11.2 Å². The van der Waals surface area contributed by atoms with E-state index < -0.39 is 0 Å². The maximum Gasteiger partial charge on any atom is 0.128 e. The summed E-state index contributed by atoms with van der Waals surface area (Å²) in [6, 6.07) is 12.7. The van der Waals surface area contributed by atoms with Gasteiger partial charge in [0.15, 0.2) is 0 Å². The third-order valence-corrected chi connectivity index (χ3v) is 4.22. The zero-order valence-corrected chi connectivity index (χ0v) is 14.3. The van der Waals surface area contributed by atoms with Gasteiger partial charge in [0.05, 0.1) is 16.4 Å². The second-order valence-electron chi connectivity index (χ2n) is 4.93. The van der Waals surface area contributed by atoms with Gasteiger partial charge in [-0.1, -0.05) is 12.1 Å². The zero-order chi connectivity index (χ0) is 15.0. The Morgan fingerprint density at radius 3 is 2.62 bits per heavy atom. The van der Waals surface area contributed by atoms with Crippen molar-refractivity contribution in [1.29, 1.82) is 0 Å². The van der Waals surface area contributed by atoms with Gasteiger partial charge in [-0.2, -0.15) is 0 Å². The van der Waals surface area contributed by atoms with Crippen molar-refractivity contribution in [1.82, 2.24) is 9.55 Å². The standard InChI is InChI=1S/C16H13ClFIN2/c1-10(17)16-20-14-8-13(19)6-7-15(14)21(16)9-11-2-4-12(18)5-3-11/h2-8,10H,9H2,1H3. The molecular weight excluding hydrogens is 402 g/mol. The summed E-state index contributed by atoms with van der Waals surface area (Å²) in [5.41, 5.74) is 3.00. The molecule has 0 bridgehead atoms. The lowest BCUT2D eigenvalue weighted by Crippen LogP contribution is -2.05. The van der Waals surface area contributed by atoms with Crippen LogP contribution in [-0.4, -0.2) is 9.55 Å². The second-order valence-corrected chi connectivity index (χ2v) is 6.83. The fraction of sp³-hybridized carbons (Fsp3) is 0.188. The predicted octanol–water partition coefficient (Wildman–Crippen LogP) is 5.13. The molecule has 1 unspecified atom stereocenters. The molecule has 0 fully saturated rings. The van der Waals surface area contributed by atoms with E-state index in [1.54, 1.807) is 12.1 Å². The number of rotatable bonds is 3. The van der Waals surface area contributed by atoms with Crippen molar-refractivity contribution in [3.63, 3.8) is 0 Å². The molecule has 0 saturated carbocycles. The molecule has 1 heterocycles. The van der Waals surface area contributed by atoms with Gasteiger partial charge in [-0.25, -0.2) is 9.37 Å². The lowest BCUT2D eigenvalue weighted by molar-refractivity contribution is 0.626. The lowest BCUT2D eigenvalue weighted by Gasteiger charge is -2.10. The van der Waals surface area contributed by atoms with Crippen LogP contribution >= 0.6 is 34.2 Å². The van der Waals surface area contributed by atoms with E-state index >= 15 is 0 Å². The van der Waals surface area contributed by atoms with Gasteiger partial charge in [0.25, 0.3) is 0 Å². The van der Waals surface area contributed by atoms with Crippen LogP contribution in [0.3, 0.4) is 0 Å². The molecule has 0 aliphatic carbocycles. The Morgan fingerprint density at radius 2 is 1.95 bits per heavy atom. The molecule has 108 valence electrons. The van der Waals surface area contributed by atoms with Crippen LogP contribution in [-0.2, 0) is 6.54 Å². The topological polar surface area (TPSA) is 17.8 Å². The summed E-state index contributed by atoms with van der Waals surface area (Å²) in [5.74, 6) is 0.604. The molecule has 0 saturated heterocycles. The molecule has 5 heteroatoms. The first-order valence-corrected chi connectivity index (χ1v) is 8.10. The molecule has 0 aliphatic heterocycles. The summed E-state index contributed by atoms with van der Waals surface area (Å²) in [6.07, 6.45) is 0. The predicted molar refractivity (Wildman–Crippen MR) is 92.2 cm³/mol. The number of hydrogen-bond acceptors (Lipinski definition) is 1. The van der Waals surface area contributed by atoms with Crippen molar-refractivity contribution in [3.05, 3.63) is 63.2 Å². The summed E-state index contributed by atoms with van der Waals surface area (Å²) >= 11 is 8.54. The Hall–Kier alpha value is -1.14. The van der Waals surface area contributed by atoms with Crippen molar-refractivity contribution in [3.8, 4) is 0 Å². The van der Waals surface area contributed by atoms with Gasteiger partial charge in [-0.05, 0) is 65.4 Å². The van der Waals surface area contributed by atoms with E-state index in [1.165, 1.54) is 12.1 Å². The van der Waals surface area contributed by atoms with E-state index in [9.17, 15) is 4.39 Å². The van der Waals surface area contributed by atoms with Crippen molar-refractivity contribution in [2.75, 3.05) is 0 Å². The quantitative estimate of drug-likeness (QED) is 0.429. The first kappa shape index (κ1) is 14.8. The molecule has 1 aromatic heterocycles. The highest BCUT2D eigenvalue weighted by Crippen LogP contribution is 2.26. The highest BCUT2D eigenvalue weighted by atomic mass is 127. The van der Waals surface area contributed by atoms with Gasteiger partial charge in [-0.3, -0.25) is 0 Å². The van der Waals surface area contributed by atoms with Crippen LogP contribution in [0.25, 0.3) is 11.0 Å². The van der Waals surface area contributed by atoms with Gasteiger partial charge < -0.3 is 4.57 Å². The summed E-state index contributed by atoms with van der Waals surface area (Å²) in [4.78, 5) is 4.64. The minimum absolute atomic E-state index is 0.185. The Balaban J connectivity index is 2.10. The molecule has 0 aliphatic rings. The largest absolute Gasteiger partial charge is 0.322 e. The fourth-order valence-corrected chi connectivity index (χ4v) is 3.01. The van der Waals surface area contributed by atoms with Gasteiger partial charge in [0.2, 0.25) is 0 Å². The Kier molecular flexibility index (Phi) is 4.17. The average Bonchev–Trinajstić information content (AvgIpc) is 2.79. The van der Waals surface area contributed by atoms with E-state index in [0.717, 1.165) is 26.0 Å². The van der Waals surface area contributed by atoms with Crippen LogP contribution in [0.4, 0.5) is 4.39 Å².